The molecule has 4 N–H and O–H groups in total. The zero-order chi connectivity index (χ0) is 13.1. The highest BCUT2D eigenvalue weighted by Gasteiger charge is 2.33. The lowest BCUT2D eigenvalue weighted by Crippen LogP contribution is -2.27. The third kappa shape index (κ3) is 4.07. The van der Waals surface area contributed by atoms with Gasteiger partial charge in [-0.15, -0.1) is 0 Å². The Morgan fingerprint density at radius 2 is 2.06 bits per heavy atom. The molecule has 0 amide bonds. The van der Waals surface area contributed by atoms with Gasteiger partial charge in [0.1, 0.15) is 0 Å². The van der Waals surface area contributed by atoms with Gasteiger partial charge in [-0.3, -0.25) is 0 Å². The normalized spacial score (nSPS) is 13.5. The summed E-state index contributed by atoms with van der Waals surface area (Å²) in [5, 5.41) is 11.5. The van der Waals surface area contributed by atoms with Gasteiger partial charge in [-0.25, -0.2) is 0 Å². The maximum absolute atomic E-state index is 12.5. The van der Waals surface area contributed by atoms with E-state index in [0.717, 1.165) is 12.1 Å². The molecule has 0 bridgehead atoms. The first-order valence-corrected chi connectivity index (χ1v) is 5.21. The minimum absolute atomic E-state index is 0.0344. The molecule has 1 aromatic rings. The Morgan fingerprint density at radius 1 is 1.41 bits per heavy atom. The van der Waals surface area contributed by atoms with Crippen LogP contribution in [0, 0.1) is 0 Å². The Kier molecular flexibility index (Phi) is 4.62. The van der Waals surface area contributed by atoms with Crippen molar-refractivity contribution in [2.24, 2.45) is 5.73 Å². The lowest BCUT2D eigenvalue weighted by atomic mass is 10.2. The molecule has 1 aromatic carbocycles. The van der Waals surface area contributed by atoms with Crippen molar-refractivity contribution >= 4 is 17.3 Å². The second-order valence-corrected chi connectivity index (χ2v) is 3.87. The summed E-state index contributed by atoms with van der Waals surface area (Å²) in [5.74, 6) is 0. The molecule has 0 aliphatic rings. The van der Waals surface area contributed by atoms with Crippen LogP contribution in [0.3, 0.4) is 0 Å². The number of aliphatic hydroxyl groups excluding tert-OH is 1. The van der Waals surface area contributed by atoms with Crippen LogP contribution in [0.2, 0.25) is 5.02 Å². The molecule has 0 radical (unpaired) electrons. The number of rotatable bonds is 4. The number of hydrogen-bond donors (Lipinski definition) is 3. The minimum Gasteiger partial charge on any atom is -0.390 e. The molecule has 0 aliphatic carbocycles. The fourth-order valence-corrected chi connectivity index (χ4v) is 1.40. The smallest absolute Gasteiger partial charge is 0.390 e. The quantitative estimate of drug-likeness (QED) is 0.784. The maximum Gasteiger partial charge on any atom is 0.417 e. The summed E-state index contributed by atoms with van der Waals surface area (Å²) in [6.45, 7) is 0.113. The third-order valence-corrected chi connectivity index (χ3v) is 2.42. The van der Waals surface area contributed by atoms with Crippen LogP contribution in [-0.2, 0) is 6.18 Å². The summed E-state index contributed by atoms with van der Waals surface area (Å²) in [6.07, 6.45) is -5.30. The minimum atomic E-state index is -4.50. The number of hydrogen-bond acceptors (Lipinski definition) is 3. The highest BCUT2D eigenvalue weighted by molar-refractivity contribution is 6.31. The highest BCUT2D eigenvalue weighted by atomic mass is 35.5. The van der Waals surface area contributed by atoms with Gasteiger partial charge in [0, 0.05) is 18.8 Å². The summed E-state index contributed by atoms with van der Waals surface area (Å²) >= 11 is 5.45. The van der Waals surface area contributed by atoms with Crippen LogP contribution in [-0.4, -0.2) is 24.3 Å². The van der Waals surface area contributed by atoms with Gasteiger partial charge < -0.3 is 16.2 Å². The van der Waals surface area contributed by atoms with E-state index in [1.807, 2.05) is 0 Å². The predicted molar refractivity (Wildman–Crippen MR) is 60.0 cm³/mol. The van der Waals surface area contributed by atoms with Gasteiger partial charge in [0.15, 0.2) is 0 Å². The lowest BCUT2D eigenvalue weighted by Gasteiger charge is -2.14. The first-order chi connectivity index (χ1) is 7.84. The van der Waals surface area contributed by atoms with E-state index >= 15 is 0 Å². The van der Waals surface area contributed by atoms with Crippen molar-refractivity contribution in [3.8, 4) is 0 Å². The Labute approximate surface area is 101 Å². The molecular formula is C10H12ClF3N2O. The molecule has 0 saturated carbocycles. The first kappa shape index (κ1) is 14.1. The number of aliphatic hydroxyl groups is 1. The SMILES string of the molecule is NCC(O)CNc1ccc(Cl)c(C(F)(F)F)c1. The molecule has 7 heteroatoms. The van der Waals surface area contributed by atoms with E-state index < -0.39 is 17.8 Å². The number of halogens is 4. The van der Waals surface area contributed by atoms with Crippen LogP contribution in [0.5, 0.6) is 0 Å². The van der Waals surface area contributed by atoms with Crippen molar-refractivity contribution in [3.05, 3.63) is 28.8 Å². The van der Waals surface area contributed by atoms with Crippen molar-refractivity contribution in [1.82, 2.24) is 0 Å². The van der Waals surface area contributed by atoms with E-state index in [-0.39, 0.29) is 23.8 Å². The number of alkyl halides is 3. The average molecular weight is 269 g/mol. The van der Waals surface area contributed by atoms with Crippen molar-refractivity contribution in [2.45, 2.75) is 12.3 Å². The summed E-state index contributed by atoms with van der Waals surface area (Å²) in [6, 6.07) is 3.45. The van der Waals surface area contributed by atoms with E-state index in [9.17, 15) is 13.2 Å². The van der Waals surface area contributed by atoms with Crippen LogP contribution in [0.15, 0.2) is 18.2 Å². The van der Waals surface area contributed by atoms with Gasteiger partial charge in [0.25, 0.3) is 0 Å². The van der Waals surface area contributed by atoms with Gasteiger partial charge in [0.05, 0.1) is 16.7 Å². The van der Waals surface area contributed by atoms with Gasteiger partial charge >= 0.3 is 6.18 Å². The molecule has 1 unspecified atom stereocenters. The fraction of sp³-hybridized carbons (Fsp3) is 0.400. The van der Waals surface area contributed by atoms with Crippen LogP contribution in [0.1, 0.15) is 5.56 Å². The average Bonchev–Trinajstić information content (AvgIpc) is 2.26. The Hall–Kier alpha value is -0.980. The van der Waals surface area contributed by atoms with Crippen LogP contribution in [0.25, 0.3) is 0 Å². The van der Waals surface area contributed by atoms with Crippen LogP contribution >= 0.6 is 11.6 Å². The first-order valence-electron chi connectivity index (χ1n) is 4.83. The molecule has 0 spiro atoms. The Bertz CT molecular complexity index is 384. The van der Waals surface area contributed by atoms with E-state index in [1.54, 1.807) is 0 Å². The molecule has 1 atom stereocenters. The van der Waals surface area contributed by atoms with E-state index in [4.69, 9.17) is 22.4 Å². The largest absolute Gasteiger partial charge is 0.417 e. The molecule has 17 heavy (non-hydrogen) atoms. The standard InChI is InChI=1S/C10H12ClF3N2O/c11-9-2-1-6(16-5-7(17)4-15)3-8(9)10(12,13)14/h1-3,7,16-17H,4-5,15H2. The van der Waals surface area contributed by atoms with E-state index in [0.29, 0.717) is 0 Å². The summed E-state index contributed by atoms with van der Waals surface area (Å²) < 4.78 is 37.5. The van der Waals surface area contributed by atoms with Crippen molar-refractivity contribution in [1.29, 1.82) is 0 Å². The number of nitrogens with two attached hydrogens (primary N) is 1. The second kappa shape index (κ2) is 5.57. The zero-order valence-electron chi connectivity index (χ0n) is 8.76. The molecule has 0 aromatic heterocycles. The fourth-order valence-electron chi connectivity index (χ4n) is 1.17. The molecule has 0 heterocycles. The van der Waals surface area contributed by atoms with E-state index in [2.05, 4.69) is 5.32 Å². The lowest BCUT2D eigenvalue weighted by molar-refractivity contribution is -0.137. The summed E-state index contributed by atoms with van der Waals surface area (Å²) in [5.41, 5.74) is 4.49. The molecule has 1 rings (SSSR count). The topological polar surface area (TPSA) is 58.3 Å². The summed E-state index contributed by atoms with van der Waals surface area (Å²) in [7, 11) is 0. The van der Waals surface area contributed by atoms with Gasteiger partial charge in [-0.1, -0.05) is 11.6 Å². The van der Waals surface area contributed by atoms with E-state index in [1.165, 1.54) is 6.07 Å². The van der Waals surface area contributed by atoms with Crippen LogP contribution < -0.4 is 11.1 Å². The second-order valence-electron chi connectivity index (χ2n) is 3.46. The monoisotopic (exact) mass is 268 g/mol. The summed E-state index contributed by atoms with van der Waals surface area (Å²) in [4.78, 5) is 0. The molecule has 0 fully saturated rings. The molecule has 0 saturated heterocycles. The predicted octanol–water partition coefficient (Wildman–Crippen LogP) is 2.09. The number of anilines is 1. The van der Waals surface area contributed by atoms with Crippen molar-refractivity contribution in [3.63, 3.8) is 0 Å². The van der Waals surface area contributed by atoms with Crippen molar-refractivity contribution < 1.29 is 18.3 Å². The third-order valence-electron chi connectivity index (χ3n) is 2.09. The van der Waals surface area contributed by atoms with Gasteiger partial charge in [-0.05, 0) is 18.2 Å². The molecule has 3 nitrogen and oxygen atoms in total. The highest BCUT2D eigenvalue weighted by Crippen LogP contribution is 2.36. The van der Waals surface area contributed by atoms with Crippen molar-refractivity contribution in [2.75, 3.05) is 18.4 Å². The molecule has 96 valence electrons. The maximum atomic E-state index is 12.5. The van der Waals surface area contributed by atoms with Gasteiger partial charge in [0.2, 0.25) is 0 Å². The number of nitrogens with one attached hydrogen (secondary N) is 1. The molecule has 0 aliphatic heterocycles. The Morgan fingerprint density at radius 3 is 2.59 bits per heavy atom. The number of benzene rings is 1. The van der Waals surface area contributed by atoms with Gasteiger partial charge in [-0.2, -0.15) is 13.2 Å². The molecular weight excluding hydrogens is 257 g/mol. The zero-order valence-corrected chi connectivity index (χ0v) is 9.52. The van der Waals surface area contributed by atoms with Crippen LogP contribution in [0.4, 0.5) is 18.9 Å². The Balaban J connectivity index is 2.82.